The predicted molar refractivity (Wildman–Crippen MR) is 57.2 cm³/mol. The molecule has 0 saturated carbocycles. The van der Waals surface area contributed by atoms with Crippen molar-refractivity contribution in [3.63, 3.8) is 0 Å². The Kier molecular flexibility index (Phi) is 2.79. The lowest BCUT2D eigenvalue weighted by Gasteiger charge is -2.05. The highest BCUT2D eigenvalue weighted by Crippen LogP contribution is 2.27. The van der Waals surface area contributed by atoms with Crippen LogP contribution in [0.15, 0.2) is 36.5 Å². The fraction of sp³-hybridized carbons (Fsp3) is 0.182. The molecule has 3 nitrogen and oxygen atoms in total. The maximum absolute atomic E-state index is 12.3. The lowest BCUT2D eigenvalue weighted by molar-refractivity contribution is -0.141. The lowest BCUT2D eigenvalue weighted by atomic mass is 10.2. The van der Waals surface area contributed by atoms with Gasteiger partial charge in [-0.25, -0.2) is 0 Å². The molecule has 17 heavy (non-hydrogen) atoms. The molecule has 0 aliphatic rings. The molecule has 2 rings (SSSR count). The minimum Gasteiger partial charge on any atom is -0.398 e. The van der Waals surface area contributed by atoms with Gasteiger partial charge in [-0.15, -0.1) is 0 Å². The first kappa shape index (κ1) is 11.5. The van der Waals surface area contributed by atoms with E-state index in [2.05, 4.69) is 5.10 Å². The van der Waals surface area contributed by atoms with Gasteiger partial charge in [-0.3, -0.25) is 4.68 Å². The SMILES string of the molecule is Nc1ccccc1Cn1ccc(C(F)(F)F)n1. The molecular weight excluding hydrogens is 231 g/mol. The summed E-state index contributed by atoms with van der Waals surface area (Å²) in [5.74, 6) is 0. The van der Waals surface area contributed by atoms with Crippen molar-refractivity contribution in [1.82, 2.24) is 9.78 Å². The monoisotopic (exact) mass is 241 g/mol. The van der Waals surface area contributed by atoms with Gasteiger partial charge in [0.2, 0.25) is 0 Å². The maximum atomic E-state index is 12.3. The summed E-state index contributed by atoms with van der Waals surface area (Å²) in [6.45, 7) is 0.225. The van der Waals surface area contributed by atoms with Crippen LogP contribution in [0.1, 0.15) is 11.3 Å². The first-order valence-corrected chi connectivity index (χ1v) is 4.91. The standard InChI is InChI=1S/C11H10F3N3/c12-11(13,14)10-5-6-17(16-10)7-8-3-1-2-4-9(8)15/h1-6H,7,15H2. The van der Waals surface area contributed by atoms with Crippen LogP contribution in [0.4, 0.5) is 18.9 Å². The van der Waals surface area contributed by atoms with Crippen molar-refractivity contribution in [3.05, 3.63) is 47.8 Å². The largest absolute Gasteiger partial charge is 0.435 e. The highest BCUT2D eigenvalue weighted by molar-refractivity contribution is 5.46. The van der Waals surface area contributed by atoms with Gasteiger partial charge in [0.1, 0.15) is 0 Å². The maximum Gasteiger partial charge on any atom is 0.435 e. The molecule has 0 aliphatic heterocycles. The van der Waals surface area contributed by atoms with E-state index < -0.39 is 11.9 Å². The van der Waals surface area contributed by atoms with E-state index in [1.54, 1.807) is 24.3 Å². The highest BCUT2D eigenvalue weighted by atomic mass is 19.4. The van der Waals surface area contributed by atoms with Crippen LogP contribution in [-0.4, -0.2) is 9.78 Å². The number of hydrogen-bond acceptors (Lipinski definition) is 2. The number of alkyl halides is 3. The fourth-order valence-electron chi connectivity index (χ4n) is 1.45. The van der Waals surface area contributed by atoms with Crippen molar-refractivity contribution < 1.29 is 13.2 Å². The summed E-state index contributed by atoms with van der Waals surface area (Å²) >= 11 is 0. The van der Waals surface area contributed by atoms with E-state index in [1.165, 1.54) is 10.9 Å². The number of para-hydroxylation sites is 1. The predicted octanol–water partition coefficient (Wildman–Crippen LogP) is 2.53. The molecule has 0 fully saturated rings. The molecule has 0 aliphatic carbocycles. The van der Waals surface area contributed by atoms with Crippen LogP contribution in [0.25, 0.3) is 0 Å². The number of nitrogens with two attached hydrogens (primary N) is 1. The number of aromatic nitrogens is 2. The van der Waals surface area contributed by atoms with Gasteiger partial charge in [-0.2, -0.15) is 18.3 Å². The number of halogens is 3. The van der Waals surface area contributed by atoms with E-state index in [9.17, 15) is 13.2 Å². The number of benzene rings is 1. The normalized spacial score (nSPS) is 11.7. The van der Waals surface area contributed by atoms with Crippen molar-refractivity contribution in [2.75, 3.05) is 5.73 Å². The Bertz CT molecular complexity index is 517. The lowest BCUT2D eigenvalue weighted by Crippen LogP contribution is -2.09. The molecule has 90 valence electrons. The summed E-state index contributed by atoms with van der Waals surface area (Å²) < 4.78 is 38.2. The molecule has 6 heteroatoms. The van der Waals surface area contributed by atoms with Crippen LogP contribution >= 0.6 is 0 Å². The molecule has 1 heterocycles. The Balaban J connectivity index is 2.21. The molecule has 0 radical (unpaired) electrons. The van der Waals surface area contributed by atoms with Crippen molar-refractivity contribution in [1.29, 1.82) is 0 Å². The first-order chi connectivity index (χ1) is 7.97. The zero-order valence-corrected chi connectivity index (χ0v) is 8.78. The van der Waals surface area contributed by atoms with E-state index >= 15 is 0 Å². The average Bonchev–Trinajstić information content (AvgIpc) is 2.69. The number of nitrogen functional groups attached to an aromatic ring is 1. The fourth-order valence-corrected chi connectivity index (χ4v) is 1.45. The summed E-state index contributed by atoms with van der Waals surface area (Å²) in [5, 5.41) is 3.45. The number of nitrogens with zero attached hydrogens (tertiary/aromatic N) is 2. The molecular formula is C11H10F3N3. The minimum atomic E-state index is -4.41. The van der Waals surface area contributed by atoms with Crippen molar-refractivity contribution in [2.45, 2.75) is 12.7 Å². The molecule has 1 aromatic heterocycles. The Hall–Kier alpha value is -1.98. The van der Waals surface area contributed by atoms with E-state index in [-0.39, 0.29) is 6.54 Å². The van der Waals surface area contributed by atoms with Gasteiger partial charge in [0.05, 0.1) is 6.54 Å². The van der Waals surface area contributed by atoms with Crippen LogP contribution in [0, 0.1) is 0 Å². The van der Waals surface area contributed by atoms with Crippen molar-refractivity contribution in [2.24, 2.45) is 0 Å². The van der Waals surface area contributed by atoms with Gasteiger partial charge in [0, 0.05) is 11.9 Å². The second-order valence-corrected chi connectivity index (χ2v) is 3.60. The zero-order chi connectivity index (χ0) is 12.5. The summed E-state index contributed by atoms with van der Waals surface area (Å²) in [6, 6.07) is 7.94. The third-order valence-electron chi connectivity index (χ3n) is 2.32. The molecule has 2 N–H and O–H groups in total. The number of hydrogen-bond donors (Lipinski definition) is 1. The van der Waals surface area contributed by atoms with E-state index in [0.717, 1.165) is 11.6 Å². The molecule has 0 unspecified atom stereocenters. The molecule has 0 spiro atoms. The third kappa shape index (κ3) is 2.58. The quantitative estimate of drug-likeness (QED) is 0.821. The van der Waals surface area contributed by atoms with Gasteiger partial charge < -0.3 is 5.73 Å². The molecule has 0 atom stereocenters. The first-order valence-electron chi connectivity index (χ1n) is 4.91. The molecule has 0 amide bonds. The van der Waals surface area contributed by atoms with E-state index in [4.69, 9.17) is 5.73 Å². The molecule has 2 aromatic rings. The second kappa shape index (κ2) is 4.12. The van der Waals surface area contributed by atoms with Crippen LogP contribution in [-0.2, 0) is 12.7 Å². The Labute approximate surface area is 95.7 Å². The van der Waals surface area contributed by atoms with E-state index in [0.29, 0.717) is 5.69 Å². The van der Waals surface area contributed by atoms with E-state index in [1.807, 2.05) is 0 Å². The average molecular weight is 241 g/mol. The summed E-state index contributed by atoms with van der Waals surface area (Å²) in [6.07, 6.45) is -3.12. The summed E-state index contributed by atoms with van der Waals surface area (Å²) in [4.78, 5) is 0. The van der Waals surface area contributed by atoms with Crippen LogP contribution in [0.2, 0.25) is 0 Å². The highest BCUT2D eigenvalue weighted by Gasteiger charge is 2.33. The van der Waals surface area contributed by atoms with Gasteiger partial charge in [0.25, 0.3) is 0 Å². The molecule has 0 bridgehead atoms. The molecule has 0 saturated heterocycles. The molecule has 1 aromatic carbocycles. The summed E-state index contributed by atoms with van der Waals surface area (Å²) in [7, 11) is 0. The third-order valence-corrected chi connectivity index (χ3v) is 2.32. The van der Waals surface area contributed by atoms with Gasteiger partial charge >= 0.3 is 6.18 Å². The number of rotatable bonds is 2. The van der Waals surface area contributed by atoms with Crippen molar-refractivity contribution >= 4 is 5.69 Å². The summed E-state index contributed by atoms with van der Waals surface area (Å²) in [5.41, 5.74) is 6.08. The minimum absolute atomic E-state index is 0.225. The Morgan fingerprint density at radius 3 is 2.47 bits per heavy atom. The van der Waals surface area contributed by atoms with Gasteiger partial charge in [-0.1, -0.05) is 18.2 Å². The Morgan fingerprint density at radius 1 is 1.18 bits per heavy atom. The zero-order valence-electron chi connectivity index (χ0n) is 8.78. The van der Waals surface area contributed by atoms with Gasteiger partial charge in [-0.05, 0) is 17.7 Å². The van der Waals surface area contributed by atoms with Crippen molar-refractivity contribution in [3.8, 4) is 0 Å². The Morgan fingerprint density at radius 2 is 1.88 bits per heavy atom. The van der Waals surface area contributed by atoms with Crippen LogP contribution in [0.3, 0.4) is 0 Å². The van der Waals surface area contributed by atoms with Gasteiger partial charge in [0.15, 0.2) is 5.69 Å². The number of anilines is 1. The van der Waals surface area contributed by atoms with Crippen LogP contribution in [0.5, 0.6) is 0 Å². The smallest absolute Gasteiger partial charge is 0.398 e. The second-order valence-electron chi connectivity index (χ2n) is 3.60. The van der Waals surface area contributed by atoms with Crippen LogP contribution < -0.4 is 5.73 Å². The topological polar surface area (TPSA) is 43.8 Å².